The van der Waals surface area contributed by atoms with Crippen LogP contribution in [-0.2, 0) is 0 Å². The van der Waals surface area contributed by atoms with Crippen LogP contribution in [-0.4, -0.2) is 56.3 Å². The minimum atomic E-state index is 0.874. The summed E-state index contributed by atoms with van der Waals surface area (Å²) in [6.07, 6.45) is 5.18. The van der Waals surface area contributed by atoms with Gasteiger partial charge in [-0.1, -0.05) is 25.0 Å². The number of aryl methyl sites for hydroxylation is 1. The fourth-order valence-corrected chi connectivity index (χ4v) is 4.18. The third-order valence-electron chi connectivity index (χ3n) is 5.75. The number of ether oxygens (including phenoxy) is 1. The molecule has 0 N–H and O–H groups in total. The van der Waals surface area contributed by atoms with Gasteiger partial charge in [-0.05, 0) is 31.9 Å². The van der Waals surface area contributed by atoms with Crippen LogP contribution in [0.4, 0.5) is 17.5 Å². The van der Waals surface area contributed by atoms with Gasteiger partial charge in [-0.25, -0.2) is 4.98 Å². The van der Waals surface area contributed by atoms with E-state index in [1.165, 1.54) is 31.4 Å². The third kappa shape index (κ3) is 4.16. The zero-order valence-corrected chi connectivity index (χ0v) is 17.1. The first-order valence-corrected chi connectivity index (χ1v) is 10.5. The van der Waals surface area contributed by atoms with Crippen LogP contribution in [0, 0.1) is 6.92 Å². The molecular weight excluding hydrogens is 350 g/mol. The molecule has 0 aliphatic carbocycles. The van der Waals surface area contributed by atoms with Crippen LogP contribution in [0.3, 0.4) is 0 Å². The second kappa shape index (κ2) is 8.67. The normalized spacial score (nSPS) is 18.1. The van der Waals surface area contributed by atoms with Crippen molar-refractivity contribution < 1.29 is 4.74 Å². The van der Waals surface area contributed by atoms with Gasteiger partial charge in [0.05, 0.1) is 12.8 Å². The number of aromatic nitrogens is 2. The molecule has 0 atom stereocenters. The van der Waals surface area contributed by atoms with Crippen molar-refractivity contribution in [2.45, 2.75) is 32.6 Å². The van der Waals surface area contributed by atoms with E-state index in [-0.39, 0.29) is 0 Å². The number of para-hydroxylation sites is 2. The van der Waals surface area contributed by atoms with Gasteiger partial charge >= 0.3 is 0 Å². The fourth-order valence-electron chi connectivity index (χ4n) is 4.18. The van der Waals surface area contributed by atoms with E-state index in [0.717, 1.165) is 62.5 Å². The molecule has 0 radical (unpaired) electrons. The van der Waals surface area contributed by atoms with Crippen molar-refractivity contribution in [2.24, 2.45) is 0 Å². The lowest BCUT2D eigenvalue weighted by Crippen LogP contribution is -2.47. The lowest BCUT2D eigenvalue weighted by atomic mass is 10.2. The van der Waals surface area contributed by atoms with E-state index in [1.54, 1.807) is 7.11 Å². The largest absolute Gasteiger partial charge is 0.495 e. The van der Waals surface area contributed by atoms with Crippen molar-refractivity contribution in [3.05, 3.63) is 36.0 Å². The molecule has 2 aliphatic rings. The minimum Gasteiger partial charge on any atom is -0.495 e. The molecule has 0 unspecified atom stereocenters. The Hall–Kier alpha value is -2.50. The Morgan fingerprint density at radius 1 is 0.786 bits per heavy atom. The van der Waals surface area contributed by atoms with Gasteiger partial charge in [0.25, 0.3) is 0 Å². The summed E-state index contributed by atoms with van der Waals surface area (Å²) in [5, 5.41) is 0. The average Bonchev–Trinajstić information content (AvgIpc) is 3.03. The van der Waals surface area contributed by atoms with Crippen LogP contribution in [0.1, 0.15) is 31.4 Å². The molecular formula is C22H31N5O. The van der Waals surface area contributed by atoms with Gasteiger partial charge in [0.15, 0.2) is 0 Å². The molecule has 0 saturated carbocycles. The monoisotopic (exact) mass is 381 g/mol. The summed E-state index contributed by atoms with van der Waals surface area (Å²) in [6.45, 7) is 8.02. The molecule has 0 amide bonds. The topological polar surface area (TPSA) is 44.7 Å². The summed E-state index contributed by atoms with van der Waals surface area (Å²) in [5.41, 5.74) is 2.22. The minimum absolute atomic E-state index is 0.874. The van der Waals surface area contributed by atoms with Crippen LogP contribution in [0.15, 0.2) is 30.3 Å². The second-order valence-corrected chi connectivity index (χ2v) is 7.71. The van der Waals surface area contributed by atoms with Crippen LogP contribution < -0.4 is 19.4 Å². The molecule has 1 aromatic heterocycles. The standard InChI is InChI=1S/C22H31N5O/c1-18-17-21(26-11-7-3-4-8-12-26)24-22(23-18)27-15-13-25(14-16-27)19-9-5-6-10-20(19)28-2/h5-6,9-10,17H,3-4,7-8,11-16H2,1-2H3. The number of rotatable bonds is 4. The summed E-state index contributed by atoms with van der Waals surface area (Å²) in [4.78, 5) is 16.9. The van der Waals surface area contributed by atoms with Crippen molar-refractivity contribution >= 4 is 17.5 Å². The van der Waals surface area contributed by atoms with E-state index < -0.39 is 0 Å². The maximum absolute atomic E-state index is 5.53. The highest BCUT2D eigenvalue weighted by molar-refractivity contribution is 5.59. The fraction of sp³-hybridized carbons (Fsp3) is 0.545. The first-order chi connectivity index (χ1) is 13.7. The summed E-state index contributed by atoms with van der Waals surface area (Å²) in [7, 11) is 1.74. The van der Waals surface area contributed by atoms with Crippen molar-refractivity contribution in [2.75, 3.05) is 61.1 Å². The molecule has 2 aromatic rings. The van der Waals surface area contributed by atoms with Gasteiger partial charge in [0.1, 0.15) is 11.6 Å². The number of hydrogen-bond acceptors (Lipinski definition) is 6. The number of methoxy groups -OCH3 is 1. The Morgan fingerprint density at radius 3 is 2.18 bits per heavy atom. The molecule has 1 aromatic carbocycles. The van der Waals surface area contributed by atoms with E-state index in [1.807, 2.05) is 12.1 Å². The first kappa shape index (κ1) is 18.8. The molecule has 2 fully saturated rings. The maximum Gasteiger partial charge on any atom is 0.227 e. The van der Waals surface area contributed by atoms with Crippen molar-refractivity contribution in [3.8, 4) is 5.75 Å². The molecule has 0 spiro atoms. The quantitative estimate of drug-likeness (QED) is 0.808. The Labute approximate surface area is 168 Å². The van der Waals surface area contributed by atoms with E-state index in [2.05, 4.69) is 39.8 Å². The lowest BCUT2D eigenvalue weighted by Gasteiger charge is -2.37. The van der Waals surface area contributed by atoms with Crippen LogP contribution >= 0.6 is 0 Å². The third-order valence-corrected chi connectivity index (χ3v) is 5.75. The number of nitrogens with zero attached hydrogens (tertiary/aromatic N) is 5. The average molecular weight is 382 g/mol. The summed E-state index contributed by atoms with van der Waals surface area (Å²) in [6, 6.07) is 10.4. The van der Waals surface area contributed by atoms with Crippen molar-refractivity contribution in [3.63, 3.8) is 0 Å². The Balaban J connectivity index is 1.47. The molecule has 2 aliphatic heterocycles. The van der Waals surface area contributed by atoms with Gasteiger partial charge < -0.3 is 19.4 Å². The molecule has 0 bridgehead atoms. The molecule has 28 heavy (non-hydrogen) atoms. The van der Waals surface area contributed by atoms with Crippen LogP contribution in [0.5, 0.6) is 5.75 Å². The zero-order chi connectivity index (χ0) is 19.3. The highest BCUT2D eigenvalue weighted by Gasteiger charge is 2.22. The number of hydrogen-bond donors (Lipinski definition) is 0. The van der Waals surface area contributed by atoms with Gasteiger partial charge in [-0.15, -0.1) is 0 Å². The van der Waals surface area contributed by atoms with E-state index in [0.29, 0.717) is 0 Å². The second-order valence-electron chi connectivity index (χ2n) is 7.71. The number of benzene rings is 1. The highest BCUT2D eigenvalue weighted by atomic mass is 16.5. The first-order valence-electron chi connectivity index (χ1n) is 10.5. The molecule has 4 rings (SSSR count). The van der Waals surface area contributed by atoms with Gasteiger partial charge in [0, 0.05) is 51.0 Å². The maximum atomic E-state index is 5.53. The summed E-state index contributed by atoms with van der Waals surface area (Å²) < 4.78 is 5.53. The molecule has 2 saturated heterocycles. The summed E-state index contributed by atoms with van der Waals surface area (Å²) >= 11 is 0. The predicted octanol–water partition coefficient (Wildman–Crippen LogP) is 3.50. The van der Waals surface area contributed by atoms with Crippen LogP contribution in [0.25, 0.3) is 0 Å². The Bertz CT molecular complexity index is 780. The zero-order valence-electron chi connectivity index (χ0n) is 17.1. The smallest absolute Gasteiger partial charge is 0.227 e. The molecule has 6 nitrogen and oxygen atoms in total. The predicted molar refractivity (Wildman–Crippen MR) is 115 cm³/mol. The van der Waals surface area contributed by atoms with Gasteiger partial charge in [-0.3, -0.25) is 0 Å². The Morgan fingerprint density at radius 2 is 1.46 bits per heavy atom. The molecule has 3 heterocycles. The Kier molecular flexibility index (Phi) is 5.84. The number of piperazine rings is 1. The summed E-state index contributed by atoms with van der Waals surface area (Å²) in [5.74, 6) is 2.90. The van der Waals surface area contributed by atoms with Crippen molar-refractivity contribution in [1.82, 2.24) is 9.97 Å². The van der Waals surface area contributed by atoms with E-state index >= 15 is 0 Å². The molecule has 6 heteroatoms. The highest BCUT2D eigenvalue weighted by Crippen LogP contribution is 2.29. The van der Waals surface area contributed by atoms with E-state index in [9.17, 15) is 0 Å². The molecule has 150 valence electrons. The van der Waals surface area contributed by atoms with E-state index in [4.69, 9.17) is 14.7 Å². The SMILES string of the molecule is COc1ccccc1N1CCN(c2nc(C)cc(N3CCCCCC3)n2)CC1. The van der Waals surface area contributed by atoms with Crippen molar-refractivity contribution in [1.29, 1.82) is 0 Å². The van der Waals surface area contributed by atoms with Gasteiger partial charge in [0.2, 0.25) is 5.95 Å². The number of anilines is 3. The van der Waals surface area contributed by atoms with Gasteiger partial charge in [-0.2, -0.15) is 4.98 Å². The van der Waals surface area contributed by atoms with Crippen LogP contribution in [0.2, 0.25) is 0 Å². The lowest BCUT2D eigenvalue weighted by molar-refractivity contribution is 0.413.